The van der Waals surface area contributed by atoms with E-state index >= 15 is 0 Å². The summed E-state index contributed by atoms with van der Waals surface area (Å²) in [6.45, 7) is 3.76. The lowest BCUT2D eigenvalue weighted by molar-refractivity contribution is -0.128. The van der Waals surface area contributed by atoms with E-state index < -0.39 is 5.41 Å². The molecule has 74 valence electrons. The lowest BCUT2D eigenvalue weighted by atomic mass is 9.88. The Balaban J connectivity index is 2.19. The van der Waals surface area contributed by atoms with Gasteiger partial charge in [-0.05, 0) is 20.3 Å². The molecule has 2 aliphatic carbocycles. The van der Waals surface area contributed by atoms with Gasteiger partial charge < -0.3 is 4.81 Å². The predicted molar refractivity (Wildman–Crippen MR) is 58.4 cm³/mol. The van der Waals surface area contributed by atoms with E-state index in [9.17, 15) is 4.79 Å². The molecule has 1 fully saturated rings. The fourth-order valence-corrected chi connectivity index (χ4v) is 2.67. The van der Waals surface area contributed by atoms with Gasteiger partial charge in [0, 0.05) is 0 Å². The van der Waals surface area contributed by atoms with Crippen molar-refractivity contribution in [1.82, 2.24) is 4.81 Å². The Labute approximate surface area is 90.0 Å². The van der Waals surface area contributed by atoms with Gasteiger partial charge in [-0.2, -0.15) is 0 Å². The third kappa shape index (κ3) is 0.833. The van der Waals surface area contributed by atoms with Gasteiger partial charge in [0.15, 0.2) is 0 Å². The third-order valence-electron chi connectivity index (χ3n) is 3.60. The maximum Gasteiger partial charge on any atom is 0.240 e. The summed E-state index contributed by atoms with van der Waals surface area (Å²) >= 11 is 0. The molecule has 1 saturated carbocycles. The smallest absolute Gasteiger partial charge is 0.240 e. The number of hydrogen-bond donors (Lipinski definition) is 0. The monoisotopic (exact) mass is 198 g/mol. The number of carbonyl (C=O) groups is 1. The summed E-state index contributed by atoms with van der Waals surface area (Å²) in [5.74, 6) is 0.574. The highest BCUT2D eigenvalue weighted by Gasteiger charge is 2.73. The van der Waals surface area contributed by atoms with E-state index in [1.807, 2.05) is 25.2 Å². The number of carbonyl (C=O) groups excluding carboxylic acids is 1. The molecule has 2 radical (unpaired) electrons. The Bertz CT molecular complexity index is 465. The van der Waals surface area contributed by atoms with Crippen LogP contribution >= 0.6 is 0 Å². The molecule has 1 aliphatic heterocycles. The van der Waals surface area contributed by atoms with Crippen molar-refractivity contribution in [1.29, 1.82) is 0 Å². The number of hydrogen-bond acceptors (Lipinski definition) is 2. The van der Waals surface area contributed by atoms with Crippen molar-refractivity contribution in [3.05, 3.63) is 23.8 Å². The molecule has 15 heavy (non-hydrogen) atoms. The van der Waals surface area contributed by atoms with Gasteiger partial charge in [-0.25, -0.2) is 0 Å². The molecule has 1 heterocycles. The molecule has 0 spiro atoms. The summed E-state index contributed by atoms with van der Waals surface area (Å²) in [6, 6.07) is 0. The van der Waals surface area contributed by atoms with Crippen LogP contribution < -0.4 is 0 Å². The first kappa shape index (κ1) is 8.95. The second-order valence-electron chi connectivity index (χ2n) is 4.63. The molecule has 1 amide bonds. The normalized spacial score (nSPS) is 41.7. The first-order valence-electron chi connectivity index (χ1n) is 5.05. The predicted octanol–water partition coefficient (Wildman–Crippen LogP) is 0.976. The quantitative estimate of drug-likeness (QED) is 0.534. The van der Waals surface area contributed by atoms with Crippen molar-refractivity contribution in [2.75, 3.05) is 0 Å². The van der Waals surface area contributed by atoms with E-state index in [2.05, 4.69) is 4.99 Å². The van der Waals surface area contributed by atoms with E-state index in [-0.39, 0.29) is 11.4 Å². The van der Waals surface area contributed by atoms with Gasteiger partial charge in [-0.15, -0.1) is 0 Å². The zero-order valence-corrected chi connectivity index (χ0v) is 8.82. The van der Waals surface area contributed by atoms with Crippen LogP contribution in [-0.4, -0.2) is 30.1 Å². The van der Waals surface area contributed by atoms with Crippen LogP contribution in [0.2, 0.25) is 0 Å². The average molecular weight is 198 g/mol. The Morgan fingerprint density at radius 3 is 3.00 bits per heavy atom. The molecule has 0 aromatic carbocycles. The standard InChI is InChI=1S/C11H11BN2O/c1-7-3-4-11-6-10(11,5-7)9(15)14(12)8(2)13-11/h3-5H,6H2,1-2H3. The van der Waals surface area contributed by atoms with Crippen molar-refractivity contribution in [2.24, 2.45) is 10.4 Å². The van der Waals surface area contributed by atoms with E-state index in [0.717, 1.165) is 12.0 Å². The summed E-state index contributed by atoms with van der Waals surface area (Å²) < 4.78 is 0. The first-order valence-corrected chi connectivity index (χ1v) is 5.05. The van der Waals surface area contributed by atoms with Crippen LogP contribution in [0.15, 0.2) is 28.8 Å². The fourth-order valence-electron chi connectivity index (χ4n) is 2.67. The van der Waals surface area contributed by atoms with E-state index in [0.29, 0.717) is 5.84 Å². The van der Waals surface area contributed by atoms with Gasteiger partial charge >= 0.3 is 0 Å². The van der Waals surface area contributed by atoms with E-state index in [1.165, 1.54) is 4.81 Å². The zero-order chi connectivity index (χ0) is 10.8. The molecule has 0 aromatic rings. The van der Waals surface area contributed by atoms with Gasteiger partial charge in [-0.1, -0.05) is 23.8 Å². The number of amidine groups is 1. The SMILES string of the molecule is [B]N1C(=O)C23C=C(C)C=CC2(C3)N=C1C. The summed E-state index contributed by atoms with van der Waals surface area (Å²) in [6.07, 6.45) is 6.83. The zero-order valence-electron chi connectivity index (χ0n) is 8.82. The van der Waals surface area contributed by atoms with Crippen molar-refractivity contribution < 1.29 is 4.79 Å². The maximum atomic E-state index is 12.1. The Morgan fingerprint density at radius 2 is 2.27 bits per heavy atom. The highest BCUT2D eigenvalue weighted by Crippen LogP contribution is 2.65. The van der Waals surface area contributed by atoms with Gasteiger partial charge in [0.2, 0.25) is 13.9 Å². The molecule has 3 aliphatic rings. The molecule has 0 saturated heterocycles. The van der Waals surface area contributed by atoms with E-state index in [4.69, 9.17) is 7.98 Å². The molecule has 0 bridgehead atoms. The molecule has 2 atom stereocenters. The summed E-state index contributed by atoms with van der Waals surface area (Å²) in [7, 11) is 5.68. The van der Waals surface area contributed by atoms with Crippen molar-refractivity contribution in [2.45, 2.75) is 25.8 Å². The fraction of sp³-hybridized carbons (Fsp3) is 0.455. The summed E-state index contributed by atoms with van der Waals surface area (Å²) in [5.41, 5.74) is 0.323. The minimum absolute atomic E-state index is 0.0290. The highest BCUT2D eigenvalue weighted by molar-refractivity contribution is 6.28. The van der Waals surface area contributed by atoms with Gasteiger partial charge in [-0.3, -0.25) is 9.79 Å². The van der Waals surface area contributed by atoms with Crippen LogP contribution in [0.3, 0.4) is 0 Å². The Morgan fingerprint density at radius 1 is 1.53 bits per heavy atom. The average Bonchev–Trinajstić information content (AvgIpc) is 2.84. The second kappa shape index (κ2) is 2.26. The first-order chi connectivity index (χ1) is 7.01. The molecule has 4 heteroatoms. The molecule has 0 aromatic heterocycles. The second-order valence-corrected chi connectivity index (χ2v) is 4.63. The van der Waals surface area contributed by atoms with Gasteiger partial charge in [0.05, 0.1) is 11.3 Å². The molecule has 3 rings (SSSR count). The molecular formula is C11H11BN2O. The number of rotatable bonds is 0. The largest absolute Gasteiger partial charge is 0.357 e. The van der Waals surface area contributed by atoms with Crippen molar-refractivity contribution in [3.8, 4) is 0 Å². The van der Waals surface area contributed by atoms with Crippen molar-refractivity contribution >= 4 is 19.7 Å². The lowest BCUT2D eigenvalue weighted by Crippen LogP contribution is -2.46. The van der Waals surface area contributed by atoms with Crippen LogP contribution in [0.1, 0.15) is 20.3 Å². The minimum Gasteiger partial charge on any atom is -0.357 e. The number of amides is 1. The van der Waals surface area contributed by atoms with Crippen LogP contribution in [0.5, 0.6) is 0 Å². The molecule has 0 N–H and O–H groups in total. The third-order valence-corrected chi connectivity index (χ3v) is 3.60. The van der Waals surface area contributed by atoms with Crippen LogP contribution in [0.25, 0.3) is 0 Å². The maximum absolute atomic E-state index is 12.1. The minimum atomic E-state index is -0.472. The summed E-state index contributed by atoms with van der Waals surface area (Å²) in [5, 5.41) is 0. The van der Waals surface area contributed by atoms with Gasteiger partial charge in [0.1, 0.15) is 5.54 Å². The van der Waals surface area contributed by atoms with Crippen LogP contribution in [-0.2, 0) is 4.79 Å². The topological polar surface area (TPSA) is 32.7 Å². The van der Waals surface area contributed by atoms with Crippen LogP contribution in [0, 0.1) is 5.41 Å². The molecular weight excluding hydrogens is 187 g/mol. The number of aliphatic imine (C=N–C) groups is 1. The number of nitrogens with zero attached hydrogens (tertiary/aromatic N) is 2. The van der Waals surface area contributed by atoms with Gasteiger partial charge in [0.25, 0.3) is 0 Å². The Kier molecular flexibility index (Phi) is 1.35. The summed E-state index contributed by atoms with van der Waals surface area (Å²) in [4.78, 5) is 17.8. The number of allylic oxidation sites excluding steroid dienone is 2. The molecule has 2 unspecified atom stereocenters. The van der Waals surface area contributed by atoms with Crippen molar-refractivity contribution in [3.63, 3.8) is 0 Å². The van der Waals surface area contributed by atoms with Crippen LogP contribution in [0.4, 0.5) is 0 Å². The molecule has 3 nitrogen and oxygen atoms in total. The van der Waals surface area contributed by atoms with E-state index in [1.54, 1.807) is 6.92 Å². The highest BCUT2D eigenvalue weighted by atomic mass is 16.2. The lowest BCUT2D eigenvalue weighted by Gasteiger charge is -2.32. The Hall–Kier alpha value is -1.32.